The molecule has 7 heteroatoms. The molecule has 1 aromatic rings. The van der Waals surface area contributed by atoms with Crippen molar-refractivity contribution in [3.63, 3.8) is 0 Å². The maximum absolute atomic E-state index is 12.7. The molecule has 28 heavy (non-hydrogen) atoms. The van der Waals surface area contributed by atoms with Crippen molar-refractivity contribution >= 4 is 21.6 Å². The highest BCUT2D eigenvalue weighted by atomic mass is 32.2. The van der Waals surface area contributed by atoms with Gasteiger partial charge in [0.15, 0.2) is 0 Å². The Morgan fingerprint density at radius 3 is 2.71 bits per heavy atom. The Bertz CT molecular complexity index is 807. The number of carbonyl (C=O) groups excluding carboxylic acids is 1. The SMILES string of the molecule is Cc1c2cccc1NS(=O)(=O)CCCCCC1CN(CCN1C(=O)C(C)C)C2. The molecule has 1 aromatic carbocycles. The van der Waals surface area contributed by atoms with Crippen molar-refractivity contribution in [1.29, 1.82) is 0 Å². The first kappa shape index (κ1) is 21.1. The third-order valence-corrected chi connectivity index (χ3v) is 7.26. The van der Waals surface area contributed by atoms with E-state index in [1.807, 2.05) is 32.9 Å². The Balaban J connectivity index is 1.86. The van der Waals surface area contributed by atoms with Crippen LogP contribution in [0.15, 0.2) is 18.2 Å². The van der Waals surface area contributed by atoms with E-state index in [1.54, 1.807) is 0 Å². The Morgan fingerprint density at radius 1 is 1.18 bits per heavy atom. The van der Waals surface area contributed by atoms with E-state index in [1.165, 1.54) is 0 Å². The molecule has 0 spiro atoms. The molecule has 6 nitrogen and oxygen atoms in total. The maximum atomic E-state index is 12.7. The molecule has 2 heterocycles. The van der Waals surface area contributed by atoms with Crippen LogP contribution in [-0.4, -0.2) is 55.6 Å². The minimum atomic E-state index is -3.33. The summed E-state index contributed by atoms with van der Waals surface area (Å²) in [5.74, 6) is 0.382. The van der Waals surface area contributed by atoms with E-state index in [0.29, 0.717) is 12.1 Å². The molecular formula is C21H33N3O3S. The van der Waals surface area contributed by atoms with Crippen LogP contribution in [0, 0.1) is 12.8 Å². The van der Waals surface area contributed by atoms with Gasteiger partial charge in [0, 0.05) is 38.1 Å². The molecule has 3 rings (SSSR count). The van der Waals surface area contributed by atoms with Crippen LogP contribution in [0.4, 0.5) is 5.69 Å². The van der Waals surface area contributed by atoms with Crippen LogP contribution in [0.1, 0.15) is 50.7 Å². The number of hydrogen-bond acceptors (Lipinski definition) is 4. The Labute approximate surface area is 169 Å². The van der Waals surface area contributed by atoms with E-state index in [2.05, 4.69) is 20.6 Å². The molecule has 0 aliphatic carbocycles. The molecule has 156 valence electrons. The van der Waals surface area contributed by atoms with Crippen LogP contribution in [0.25, 0.3) is 0 Å². The van der Waals surface area contributed by atoms with E-state index >= 15 is 0 Å². The van der Waals surface area contributed by atoms with Crippen molar-refractivity contribution < 1.29 is 13.2 Å². The molecular weight excluding hydrogens is 374 g/mol. The van der Waals surface area contributed by atoms with Crippen LogP contribution in [-0.2, 0) is 21.4 Å². The van der Waals surface area contributed by atoms with Crippen LogP contribution in [0.2, 0.25) is 0 Å². The topological polar surface area (TPSA) is 69.7 Å². The monoisotopic (exact) mass is 407 g/mol. The smallest absolute Gasteiger partial charge is 0.232 e. The average molecular weight is 408 g/mol. The van der Waals surface area contributed by atoms with E-state index in [-0.39, 0.29) is 23.6 Å². The molecule has 1 fully saturated rings. The van der Waals surface area contributed by atoms with Gasteiger partial charge in [-0.2, -0.15) is 0 Å². The summed E-state index contributed by atoms with van der Waals surface area (Å²) in [4.78, 5) is 17.1. The van der Waals surface area contributed by atoms with Gasteiger partial charge in [0.05, 0.1) is 11.4 Å². The largest absolute Gasteiger partial charge is 0.337 e. The van der Waals surface area contributed by atoms with Crippen LogP contribution < -0.4 is 4.72 Å². The standard InChI is InChI=1S/C21H33N3O3S/c1-16(2)21(25)24-12-11-23-14-18-8-7-10-20(17(18)3)22-28(26,27)13-6-4-5-9-19(24)15-23/h7-8,10,16,19,22H,4-6,9,11-15H2,1-3H3. The summed E-state index contributed by atoms with van der Waals surface area (Å²) in [5, 5.41) is 0. The zero-order valence-electron chi connectivity index (χ0n) is 17.3. The van der Waals surface area contributed by atoms with Gasteiger partial charge in [-0.15, -0.1) is 0 Å². The molecule has 2 atom stereocenters. The number of nitrogens with one attached hydrogen (secondary N) is 1. The van der Waals surface area contributed by atoms with Crippen molar-refractivity contribution in [2.45, 2.75) is 59.0 Å². The van der Waals surface area contributed by atoms with Crippen molar-refractivity contribution in [1.82, 2.24) is 9.80 Å². The second kappa shape index (κ2) is 8.82. The quantitative estimate of drug-likeness (QED) is 0.777. The third-order valence-electron chi connectivity index (χ3n) is 5.90. The van der Waals surface area contributed by atoms with Gasteiger partial charge in [-0.3, -0.25) is 14.4 Å². The third kappa shape index (κ3) is 5.06. The van der Waals surface area contributed by atoms with Crippen LogP contribution >= 0.6 is 0 Å². The van der Waals surface area contributed by atoms with Gasteiger partial charge in [-0.1, -0.05) is 38.8 Å². The lowest BCUT2D eigenvalue weighted by Gasteiger charge is -2.42. The second-order valence-corrected chi connectivity index (χ2v) is 10.3. The Kier molecular flexibility index (Phi) is 6.65. The normalized spacial score (nSPS) is 25.6. The van der Waals surface area contributed by atoms with E-state index in [0.717, 1.165) is 56.6 Å². The highest BCUT2D eigenvalue weighted by Gasteiger charge is 2.31. The summed E-state index contributed by atoms with van der Waals surface area (Å²) in [6.45, 7) is 9.19. The molecule has 1 N–H and O–H groups in total. The average Bonchev–Trinajstić information content (AvgIpc) is 2.63. The number of fused-ring (bicyclic) bond motifs is 4. The zero-order valence-corrected chi connectivity index (χ0v) is 18.1. The predicted octanol–water partition coefficient (Wildman–Crippen LogP) is 2.98. The molecule has 4 bridgehead atoms. The summed E-state index contributed by atoms with van der Waals surface area (Å²) in [7, 11) is -3.33. The number of piperazine rings is 1. The first-order valence-corrected chi connectivity index (χ1v) is 12.0. The lowest BCUT2D eigenvalue weighted by molar-refractivity contribution is -0.139. The minimum Gasteiger partial charge on any atom is -0.337 e. The predicted molar refractivity (Wildman–Crippen MR) is 113 cm³/mol. The van der Waals surface area contributed by atoms with Gasteiger partial charge < -0.3 is 4.90 Å². The molecule has 0 radical (unpaired) electrons. The lowest BCUT2D eigenvalue weighted by atomic mass is 10.0. The first-order valence-electron chi connectivity index (χ1n) is 10.4. The number of carbonyl (C=O) groups is 1. The van der Waals surface area contributed by atoms with E-state index < -0.39 is 10.0 Å². The summed E-state index contributed by atoms with van der Waals surface area (Å²) >= 11 is 0. The number of amides is 1. The number of benzene rings is 1. The summed E-state index contributed by atoms with van der Waals surface area (Å²) in [6.07, 6.45) is 3.38. The fourth-order valence-electron chi connectivity index (χ4n) is 4.21. The van der Waals surface area contributed by atoms with Gasteiger partial charge in [-0.25, -0.2) is 8.42 Å². The molecule has 2 aliphatic heterocycles. The van der Waals surface area contributed by atoms with Gasteiger partial charge >= 0.3 is 0 Å². The zero-order chi connectivity index (χ0) is 20.3. The molecule has 0 aromatic heterocycles. The van der Waals surface area contributed by atoms with Crippen molar-refractivity contribution in [2.24, 2.45) is 5.92 Å². The van der Waals surface area contributed by atoms with Gasteiger partial charge in [0.25, 0.3) is 0 Å². The van der Waals surface area contributed by atoms with Gasteiger partial charge in [0.2, 0.25) is 15.9 Å². The van der Waals surface area contributed by atoms with Crippen LogP contribution in [0.3, 0.4) is 0 Å². The van der Waals surface area contributed by atoms with Crippen molar-refractivity contribution in [2.75, 3.05) is 30.1 Å². The highest BCUT2D eigenvalue weighted by molar-refractivity contribution is 7.92. The summed E-state index contributed by atoms with van der Waals surface area (Å²) in [5.41, 5.74) is 2.81. The van der Waals surface area contributed by atoms with E-state index in [4.69, 9.17) is 0 Å². The molecule has 2 unspecified atom stereocenters. The maximum Gasteiger partial charge on any atom is 0.232 e. The molecule has 1 amide bonds. The summed E-state index contributed by atoms with van der Waals surface area (Å²) in [6, 6.07) is 6.04. The highest BCUT2D eigenvalue weighted by Crippen LogP contribution is 2.25. The number of anilines is 1. The molecule has 0 saturated carbocycles. The first-order chi connectivity index (χ1) is 13.3. The fraction of sp³-hybridized carbons (Fsp3) is 0.667. The van der Waals surface area contributed by atoms with Crippen molar-refractivity contribution in [3.8, 4) is 0 Å². The Hall–Kier alpha value is -1.60. The minimum absolute atomic E-state index is 0.00906. The van der Waals surface area contributed by atoms with Crippen LogP contribution in [0.5, 0.6) is 0 Å². The Morgan fingerprint density at radius 2 is 1.96 bits per heavy atom. The number of sulfonamides is 1. The van der Waals surface area contributed by atoms with Gasteiger partial charge in [-0.05, 0) is 37.0 Å². The fourth-order valence-corrected chi connectivity index (χ4v) is 5.45. The number of rotatable bonds is 1. The van der Waals surface area contributed by atoms with Crippen molar-refractivity contribution in [3.05, 3.63) is 29.3 Å². The van der Waals surface area contributed by atoms with Gasteiger partial charge in [0.1, 0.15) is 0 Å². The van der Waals surface area contributed by atoms with E-state index in [9.17, 15) is 13.2 Å². The summed E-state index contributed by atoms with van der Waals surface area (Å²) < 4.78 is 27.6. The molecule has 1 saturated heterocycles. The number of nitrogens with zero attached hydrogens (tertiary/aromatic N) is 2. The lowest BCUT2D eigenvalue weighted by Crippen LogP contribution is -2.55. The second-order valence-electron chi connectivity index (χ2n) is 8.44. The molecule has 2 aliphatic rings. The number of hydrogen-bond donors (Lipinski definition) is 1.